The van der Waals surface area contributed by atoms with Gasteiger partial charge in [-0.15, -0.1) is 0 Å². The molecule has 0 spiro atoms. The minimum Gasteiger partial charge on any atom is -0.488 e. The summed E-state index contributed by atoms with van der Waals surface area (Å²) in [6.45, 7) is 0.614. The molecule has 33 heavy (non-hydrogen) atoms. The monoisotopic (exact) mass is 561 g/mol. The SMILES string of the molecule is O=C1S/C(=C\c2cc(Br)ccc2OCc2ccc(Cl)c(Cl)c2)C(=O)N1CCc1ccccc1. The Morgan fingerprint density at radius 2 is 1.73 bits per heavy atom. The molecule has 1 aliphatic heterocycles. The third-order valence-corrected chi connectivity index (χ3v) is 7.12. The second kappa shape index (κ2) is 10.8. The number of ether oxygens (including phenoxy) is 1. The number of benzene rings is 3. The second-order valence-electron chi connectivity index (χ2n) is 7.29. The molecule has 4 rings (SSSR count). The molecule has 0 unspecified atom stereocenters. The Hall–Kier alpha value is -2.25. The highest BCUT2D eigenvalue weighted by Gasteiger charge is 2.34. The fourth-order valence-electron chi connectivity index (χ4n) is 3.27. The molecule has 0 radical (unpaired) electrons. The molecule has 2 amide bonds. The lowest BCUT2D eigenvalue weighted by molar-refractivity contribution is -0.122. The minimum atomic E-state index is -0.295. The molecule has 0 bridgehead atoms. The number of carbonyl (C=O) groups is 2. The molecular weight excluding hydrogens is 545 g/mol. The first kappa shape index (κ1) is 23.9. The van der Waals surface area contributed by atoms with Crippen molar-refractivity contribution in [3.63, 3.8) is 0 Å². The maximum atomic E-state index is 12.9. The molecule has 1 aliphatic rings. The molecule has 0 saturated carbocycles. The van der Waals surface area contributed by atoms with Crippen molar-refractivity contribution in [2.45, 2.75) is 13.0 Å². The molecule has 0 aromatic heterocycles. The van der Waals surface area contributed by atoms with Gasteiger partial charge in [-0.1, -0.05) is 75.5 Å². The van der Waals surface area contributed by atoms with Crippen LogP contribution in [-0.4, -0.2) is 22.6 Å². The molecule has 1 saturated heterocycles. The number of imide groups is 1. The topological polar surface area (TPSA) is 46.6 Å². The number of carbonyl (C=O) groups excluding carboxylic acids is 2. The van der Waals surface area contributed by atoms with E-state index in [9.17, 15) is 9.59 Å². The number of amides is 2. The van der Waals surface area contributed by atoms with Crippen LogP contribution in [0.3, 0.4) is 0 Å². The van der Waals surface area contributed by atoms with Crippen molar-refractivity contribution in [2.24, 2.45) is 0 Å². The maximum absolute atomic E-state index is 12.9. The Kier molecular flexibility index (Phi) is 7.81. The zero-order chi connectivity index (χ0) is 23.4. The Bertz CT molecular complexity index is 1230. The Balaban J connectivity index is 1.50. The summed E-state index contributed by atoms with van der Waals surface area (Å²) in [6, 6.07) is 20.6. The van der Waals surface area contributed by atoms with Gasteiger partial charge in [-0.2, -0.15) is 0 Å². The molecule has 8 heteroatoms. The lowest BCUT2D eigenvalue weighted by Gasteiger charge is -2.12. The van der Waals surface area contributed by atoms with Crippen LogP contribution in [-0.2, 0) is 17.8 Å². The molecule has 168 valence electrons. The van der Waals surface area contributed by atoms with E-state index < -0.39 is 0 Å². The molecule has 3 aromatic rings. The molecule has 0 atom stereocenters. The molecule has 1 heterocycles. The van der Waals surface area contributed by atoms with Gasteiger partial charge in [0, 0.05) is 16.6 Å². The van der Waals surface area contributed by atoms with Crippen molar-refractivity contribution < 1.29 is 14.3 Å². The van der Waals surface area contributed by atoms with Gasteiger partial charge in [0.15, 0.2) is 0 Å². The largest absolute Gasteiger partial charge is 0.488 e. The first-order chi connectivity index (χ1) is 15.9. The van der Waals surface area contributed by atoms with Gasteiger partial charge in [0.1, 0.15) is 12.4 Å². The number of rotatable bonds is 7. The van der Waals surface area contributed by atoms with Crippen molar-refractivity contribution in [3.05, 3.63) is 103 Å². The zero-order valence-corrected chi connectivity index (χ0v) is 21.2. The van der Waals surface area contributed by atoms with Gasteiger partial charge in [0.05, 0.1) is 15.0 Å². The molecule has 4 nitrogen and oxygen atoms in total. The van der Waals surface area contributed by atoms with E-state index in [4.69, 9.17) is 27.9 Å². The minimum absolute atomic E-state index is 0.268. The number of thioether (sulfide) groups is 1. The van der Waals surface area contributed by atoms with Crippen molar-refractivity contribution in [1.82, 2.24) is 4.90 Å². The standard InChI is InChI=1S/C25H18BrCl2NO3S/c26-19-7-9-22(32-15-17-6-8-20(27)21(28)12-17)18(13-19)14-23-24(30)29(25(31)33-23)11-10-16-4-2-1-3-5-16/h1-9,12-14H,10-11,15H2/b23-14-. The predicted octanol–water partition coefficient (Wildman–Crippen LogP) is 7.61. The Labute approximate surface area is 214 Å². The fraction of sp³-hybridized carbons (Fsp3) is 0.120. The summed E-state index contributed by atoms with van der Waals surface area (Å²) < 4.78 is 6.82. The van der Waals surface area contributed by atoms with Gasteiger partial charge in [0.25, 0.3) is 11.1 Å². The normalized spacial score (nSPS) is 14.9. The van der Waals surface area contributed by atoms with Crippen LogP contribution in [0.25, 0.3) is 6.08 Å². The van der Waals surface area contributed by atoms with Crippen LogP contribution in [0.1, 0.15) is 16.7 Å². The van der Waals surface area contributed by atoms with Gasteiger partial charge < -0.3 is 4.74 Å². The Morgan fingerprint density at radius 3 is 2.48 bits per heavy atom. The van der Waals surface area contributed by atoms with Crippen molar-refractivity contribution in [3.8, 4) is 5.75 Å². The van der Waals surface area contributed by atoms with Crippen LogP contribution < -0.4 is 4.74 Å². The highest BCUT2D eigenvalue weighted by Crippen LogP contribution is 2.35. The van der Waals surface area contributed by atoms with Gasteiger partial charge in [0.2, 0.25) is 0 Å². The third-order valence-electron chi connectivity index (χ3n) is 4.98. The molecule has 1 fully saturated rings. The third kappa shape index (κ3) is 6.01. The maximum Gasteiger partial charge on any atom is 0.293 e. The van der Waals surface area contributed by atoms with Gasteiger partial charge in [-0.25, -0.2) is 0 Å². The van der Waals surface area contributed by atoms with Crippen molar-refractivity contribution in [1.29, 1.82) is 0 Å². The highest BCUT2D eigenvalue weighted by atomic mass is 79.9. The summed E-state index contributed by atoms with van der Waals surface area (Å²) in [6.07, 6.45) is 2.31. The first-order valence-corrected chi connectivity index (χ1v) is 12.4. The number of hydrogen-bond acceptors (Lipinski definition) is 4. The molecule has 3 aromatic carbocycles. The first-order valence-electron chi connectivity index (χ1n) is 10.1. The van der Waals surface area contributed by atoms with Gasteiger partial charge >= 0.3 is 0 Å². The summed E-state index contributed by atoms with van der Waals surface area (Å²) in [7, 11) is 0. The lowest BCUT2D eigenvalue weighted by Crippen LogP contribution is -2.30. The van der Waals surface area contributed by atoms with E-state index >= 15 is 0 Å². The second-order valence-corrected chi connectivity index (χ2v) is 10.0. The smallest absolute Gasteiger partial charge is 0.293 e. The zero-order valence-electron chi connectivity index (χ0n) is 17.3. The fourth-order valence-corrected chi connectivity index (χ4v) is 4.83. The van der Waals surface area contributed by atoms with Crippen LogP contribution in [0.5, 0.6) is 5.75 Å². The predicted molar refractivity (Wildman–Crippen MR) is 138 cm³/mol. The average molecular weight is 563 g/mol. The number of hydrogen-bond donors (Lipinski definition) is 0. The lowest BCUT2D eigenvalue weighted by atomic mass is 10.1. The van der Waals surface area contributed by atoms with E-state index in [1.165, 1.54) is 4.90 Å². The highest BCUT2D eigenvalue weighted by molar-refractivity contribution is 9.10. The van der Waals surface area contributed by atoms with Crippen LogP contribution in [0.15, 0.2) is 76.1 Å². The van der Waals surface area contributed by atoms with Crippen LogP contribution >= 0.6 is 50.9 Å². The summed E-state index contributed by atoms with van der Waals surface area (Å²) in [5.74, 6) is 0.289. The summed E-state index contributed by atoms with van der Waals surface area (Å²) in [5, 5.41) is 0.668. The number of nitrogens with zero attached hydrogens (tertiary/aromatic N) is 1. The average Bonchev–Trinajstić information content (AvgIpc) is 3.07. The van der Waals surface area contributed by atoms with E-state index in [0.29, 0.717) is 39.2 Å². The van der Waals surface area contributed by atoms with E-state index in [1.807, 2.05) is 54.6 Å². The van der Waals surface area contributed by atoms with Crippen molar-refractivity contribution in [2.75, 3.05) is 6.54 Å². The summed E-state index contributed by atoms with van der Waals surface area (Å²) in [5.41, 5.74) is 2.63. The van der Waals surface area contributed by atoms with E-state index in [0.717, 1.165) is 27.4 Å². The molecule has 0 aliphatic carbocycles. The molecule has 0 N–H and O–H groups in total. The van der Waals surface area contributed by atoms with Crippen LogP contribution in [0, 0.1) is 0 Å². The summed E-state index contributed by atoms with van der Waals surface area (Å²) in [4.78, 5) is 27.1. The van der Waals surface area contributed by atoms with Crippen LogP contribution in [0.4, 0.5) is 4.79 Å². The molecular formula is C25H18BrCl2NO3S. The van der Waals surface area contributed by atoms with Gasteiger partial charge in [-0.3, -0.25) is 14.5 Å². The number of halogens is 3. The summed E-state index contributed by atoms with van der Waals surface area (Å²) >= 11 is 16.5. The van der Waals surface area contributed by atoms with E-state index in [2.05, 4.69) is 15.9 Å². The van der Waals surface area contributed by atoms with E-state index in [-0.39, 0.29) is 17.8 Å². The quantitative estimate of drug-likeness (QED) is 0.278. The van der Waals surface area contributed by atoms with Crippen molar-refractivity contribution >= 4 is 68.1 Å². The van der Waals surface area contributed by atoms with E-state index in [1.54, 1.807) is 18.2 Å². The Morgan fingerprint density at radius 1 is 0.939 bits per heavy atom. The van der Waals surface area contributed by atoms with Crippen LogP contribution in [0.2, 0.25) is 10.0 Å². The van der Waals surface area contributed by atoms with Gasteiger partial charge in [-0.05, 0) is 65.7 Å².